The molecular formula is C17H15N3O4. The van der Waals surface area contributed by atoms with Crippen LogP contribution in [-0.4, -0.2) is 16.7 Å². The largest absolute Gasteiger partial charge is 0.326 e. The van der Waals surface area contributed by atoms with Crippen LogP contribution in [0.3, 0.4) is 0 Å². The molecule has 0 saturated carbocycles. The predicted molar refractivity (Wildman–Crippen MR) is 89.2 cm³/mol. The third-order valence-corrected chi connectivity index (χ3v) is 3.91. The van der Waals surface area contributed by atoms with Crippen molar-refractivity contribution in [3.05, 3.63) is 63.2 Å². The highest BCUT2D eigenvalue weighted by atomic mass is 16.6. The Morgan fingerprint density at radius 2 is 2.08 bits per heavy atom. The molecule has 1 aliphatic rings. The number of nitrogens with one attached hydrogen (secondary N) is 2. The van der Waals surface area contributed by atoms with Crippen molar-refractivity contribution < 1.29 is 14.5 Å². The normalized spacial score (nSPS) is 12.5. The average Bonchev–Trinajstić information content (AvgIpc) is 2.93. The number of aryl methyl sites for hydroxylation is 1. The summed E-state index contributed by atoms with van der Waals surface area (Å²) in [6.45, 7) is 1.83. The van der Waals surface area contributed by atoms with E-state index in [1.54, 1.807) is 30.3 Å². The Kier molecular flexibility index (Phi) is 3.99. The lowest BCUT2D eigenvalue weighted by Crippen LogP contribution is -2.12. The van der Waals surface area contributed by atoms with Crippen LogP contribution in [0.1, 0.15) is 28.4 Å². The van der Waals surface area contributed by atoms with Gasteiger partial charge < -0.3 is 10.6 Å². The van der Waals surface area contributed by atoms with Crippen molar-refractivity contribution >= 4 is 28.9 Å². The van der Waals surface area contributed by atoms with Gasteiger partial charge in [-0.05, 0) is 36.2 Å². The van der Waals surface area contributed by atoms with E-state index in [2.05, 4.69) is 10.6 Å². The van der Waals surface area contributed by atoms with Gasteiger partial charge in [-0.1, -0.05) is 13.0 Å². The van der Waals surface area contributed by atoms with Gasteiger partial charge in [0, 0.05) is 28.6 Å². The first kappa shape index (κ1) is 15.7. The quantitative estimate of drug-likeness (QED) is 0.666. The number of anilines is 2. The molecule has 0 aromatic heterocycles. The number of amides is 2. The first-order chi connectivity index (χ1) is 11.5. The van der Waals surface area contributed by atoms with Crippen molar-refractivity contribution in [1.29, 1.82) is 0 Å². The molecular weight excluding hydrogens is 310 g/mol. The smallest absolute Gasteiger partial charge is 0.274 e. The fourth-order valence-electron chi connectivity index (χ4n) is 2.68. The lowest BCUT2D eigenvalue weighted by molar-refractivity contribution is -0.385. The number of hydrogen-bond acceptors (Lipinski definition) is 4. The number of hydrogen-bond donors (Lipinski definition) is 2. The maximum atomic E-state index is 12.3. The van der Waals surface area contributed by atoms with Crippen molar-refractivity contribution in [2.75, 3.05) is 10.6 Å². The van der Waals surface area contributed by atoms with E-state index in [9.17, 15) is 19.7 Å². The van der Waals surface area contributed by atoms with Crippen molar-refractivity contribution in [2.45, 2.75) is 19.8 Å². The summed E-state index contributed by atoms with van der Waals surface area (Å²) in [4.78, 5) is 34.3. The summed E-state index contributed by atoms with van der Waals surface area (Å²) >= 11 is 0. The maximum absolute atomic E-state index is 12.3. The van der Waals surface area contributed by atoms with E-state index in [1.807, 2.05) is 6.92 Å². The molecule has 0 unspecified atom stereocenters. The zero-order chi connectivity index (χ0) is 17.3. The zero-order valence-electron chi connectivity index (χ0n) is 13.0. The predicted octanol–water partition coefficient (Wildman–Crippen LogP) is 2.90. The molecule has 0 saturated heterocycles. The molecule has 3 rings (SSSR count). The standard InChI is InChI=1S/C17H15N3O4/c1-2-10-3-5-13(9-15(10)20(23)24)18-17(22)11-4-6-14-12(7-11)8-16(21)19-14/h3-7,9H,2,8H2,1H3,(H,18,22)(H,19,21). The van der Waals surface area contributed by atoms with Crippen molar-refractivity contribution in [2.24, 2.45) is 0 Å². The Morgan fingerprint density at radius 3 is 2.79 bits per heavy atom. The molecule has 0 spiro atoms. The van der Waals surface area contributed by atoms with E-state index >= 15 is 0 Å². The van der Waals surface area contributed by atoms with Crippen LogP contribution in [0.2, 0.25) is 0 Å². The molecule has 2 aromatic carbocycles. The lowest BCUT2D eigenvalue weighted by Gasteiger charge is -2.08. The minimum atomic E-state index is -0.457. The number of nitro groups is 1. The minimum Gasteiger partial charge on any atom is -0.326 e. The van der Waals surface area contributed by atoms with Gasteiger partial charge in [-0.3, -0.25) is 19.7 Å². The van der Waals surface area contributed by atoms with E-state index in [4.69, 9.17) is 0 Å². The van der Waals surface area contributed by atoms with Crippen LogP contribution < -0.4 is 10.6 Å². The van der Waals surface area contributed by atoms with Crippen LogP contribution in [0.4, 0.5) is 17.1 Å². The fourth-order valence-corrected chi connectivity index (χ4v) is 2.68. The summed E-state index contributed by atoms with van der Waals surface area (Å²) in [6, 6.07) is 9.57. The monoisotopic (exact) mass is 325 g/mol. The first-order valence-electron chi connectivity index (χ1n) is 7.49. The number of carbonyl (C=O) groups excluding carboxylic acids is 2. The van der Waals surface area contributed by atoms with Crippen molar-refractivity contribution in [3.8, 4) is 0 Å². The van der Waals surface area contributed by atoms with Gasteiger partial charge in [0.15, 0.2) is 0 Å². The van der Waals surface area contributed by atoms with Gasteiger partial charge >= 0.3 is 0 Å². The van der Waals surface area contributed by atoms with Gasteiger partial charge in [0.05, 0.1) is 11.3 Å². The molecule has 7 heteroatoms. The highest BCUT2D eigenvalue weighted by Crippen LogP contribution is 2.26. The molecule has 1 aliphatic heterocycles. The molecule has 1 heterocycles. The average molecular weight is 325 g/mol. The second kappa shape index (κ2) is 6.11. The fraction of sp³-hybridized carbons (Fsp3) is 0.176. The molecule has 2 N–H and O–H groups in total. The molecule has 2 aromatic rings. The first-order valence-corrected chi connectivity index (χ1v) is 7.49. The minimum absolute atomic E-state index is 0.0148. The Bertz CT molecular complexity index is 861. The molecule has 0 aliphatic carbocycles. The van der Waals surface area contributed by atoms with Gasteiger partial charge in [-0.2, -0.15) is 0 Å². The van der Waals surface area contributed by atoms with E-state index in [-0.39, 0.29) is 23.9 Å². The van der Waals surface area contributed by atoms with E-state index < -0.39 is 4.92 Å². The lowest BCUT2D eigenvalue weighted by atomic mass is 10.1. The summed E-state index contributed by atoms with van der Waals surface area (Å²) in [6.07, 6.45) is 0.781. The molecule has 24 heavy (non-hydrogen) atoms. The molecule has 0 atom stereocenters. The van der Waals surface area contributed by atoms with Crippen LogP contribution in [0.15, 0.2) is 36.4 Å². The topological polar surface area (TPSA) is 101 Å². The number of carbonyl (C=O) groups is 2. The summed E-state index contributed by atoms with van der Waals surface area (Å²) in [7, 11) is 0. The number of rotatable bonds is 4. The third kappa shape index (κ3) is 2.96. The van der Waals surface area contributed by atoms with Crippen LogP contribution in [0.5, 0.6) is 0 Å². The van der Waals surface area contributed by atoms with Crippen molar-refractivity contribution in [3.63, 3.8) is 0 Å². The second-order valence-electron chi connectivity index (χ2n) is 5.51. The van der Waals surface area contributed by atoms with Crippen LogP contribution in [0, 0.1) is 10.1 Å². The Morgan fingerprint density at radius 1 is 1.29 bits per heavy atom. The van der Waals surface area contributed by atoms with Crippen molar-refractivity contribution in [1.82, 2.24) is 0 Å². The number of nitrogens with zero attached hydrogens (tertiary/aromatic N) is 1. The highest BCUT2D eigenvalue weighted by molar-refractivity contribution is 6.06. The van der Waals surface area contributed by atoms with Gasteiger partial charge in [-0.25, -0.2) is 0 Å². The molecule has 0 bridgehead atoms. The second-order valence-corrected chi connectivity index (χ2v) is 5.51. The molecule has 0 fully saturated rings. The molecule has 7 nitrogen and oxygen atoms in total. The maximum Gasteiger partial charge on any atom is 0.274 e. The highest BCUT2D eigenvalue weighted by Gasteiger charge is 2.20. The summed E-state index contributed by atoms with van der Waals surface area (Å²) < 4.78 is 0. The molecule has 2 amide bonds. The van der Waals surface area contributed by atoms with Crippen LogP contribution in [0.25, 0.3) is 0 Å². The Balaban J connectivity index is 1.83. The summed E-state index contributed by atoms with van der Waals surface area (Å²) in [5.74, 6) is -0.482. The summed E-state index contributed by atoms with van der Waals surface area (Å²) in [5, 5.41) is 16.5. The SMILES string of the molecule is CCc1ccc(NC(=O)c2ccc3c(c2)CC(=O)N3)cc1[N+](=O)[O-]. The number of nitro benzene ring substituents is 1. The van der Waals surface area contributed by atoms with Gasteiger partial charge in [0.1, 0.15) is 0 Å². The third-order valence-electron chi connectivity index (χ3n) is 3.91. The van der Waals surface area contributed by atoms with E-state index in [0.717, 1.165) is 5.56 Å². The Labute approximate surface area is 137 Å². The van der Waals surface area contributed by atoms with Crippen LogP contribution >= 0.6 is 0 Å². The number of benzene rings is 2. The molecule has 0 radical (unpaired) electrons. The van der Waals surface area contributed by atoms with Crippen LogP contribution in [-0.2, 0) is 17.6 Å². The zero-order valence-corrected chi connectivity index (χ0v) is 13.0. The van der Waals surface area contributed by atoms with Gasteiger partial charge in [0.2, 0.25) is 5.91 Å². The van der Waals surface area contributed by atoms with E-state index in [0.29, 0.717) is 28.9 Å². The van der Waals surface area contributed by atoms with Gasteiger partial charge in [0.25, 0.3) is 11.6 Å². The van der Waals surface area contributed by atoms with E-state index in [1.165, 1.54) is 6.07 Å². The van der Waals surface area contributed by atoms with Gasteiger partial charge in [-0.15, -0.1) is 0 Å². The summed E-state index contributed by atoms with van der Waals surface area (Å²) in [5.41, 5.74) is 2.82. The number of fused-ring (bicyclic) bond motifs is 1. The Hall–Kier alpha value is -3.22. The molecule has 122 valence electrons.